The number of rotatable bonds is 4. The number of nitrogens with zero attached hydrogens (tertiary/aromatic N) is 2. The van der Waals surface area contributed by atoms with Gasteiger partial charge >= 0.3 is 0 Å². The number of anilines is 1. The highest BCUT2D eigenvalue weighted by atomic mass is 35.5. The number of phenolic OH excluding ortho intramolecular Hbond substituents is 1. The van der Waals surface area contributed by atoms with E-state index in [-0.39, 0.29) is 17.4 Å². The zero-order valence-electron chi connectivity index (χ0n) is 16.2. The number of pyridine rings is 1. The van der Waals surface area contributed by atoms with Crippen LogP contribution in [0.3, 0.4) is 0 Å². The fourth-order valence-corrected chi connectivity index (χ4v) is 3.67. The van der Waals surface area contributed by atoms with Crippen LogP contribution in [-0.2, 0) is 0 Å². The highest BCUT2D eigenvalue weighted by Crippen LogP contribution is 2.34. The topological polar surface area (TPSA) is 101 Å². The van der Waals surface area contributed by atoms with Crippen molar-refractivity contribution in [1.82, 2.24) is 9.97 Å². The second-order valence-electron chi connectivity index (χ2n) is 6.84. The van der Waals surface area contributed by atoms with Gasteiger partial charge in [-0.15, -0.1) is 0 Å². The summed E-state index contributed by atoms with van der Waals surface area (Å²) in [5.74, 6) is 0.219. The summed E-state index contributed by atoms with van der Waals surface area (Å²) in [6.45, 7) is 0. The molecule has 1 amide bonds. The van der Waals surface area contributed by atoms with Gasteiger partial charge in [0.1, 0.15) is 17.0 Å². The minimum absolute atomic E-state index is 0.0415. The molecule has 0 spiro atoms. The number of hydrogen-bond acceptors (Lipinski definition) is 6. The molecule has 0 aliphatic carbocycles. The summed E-state index contributed by atoms with van der Waals surface area (Å²) in [4.78, 5) is 21.0. The molecule has 0 bridgehead atoms. The fourth-order valence-electron chi connectivity index (χ4n) is 3.17. The Kier molecular flexibility index (Phi) is 5.05. The smallest absolute Gasteiger partial charge is 0.291 e. The number of nitrogens with one attached hydrogen (secondary N) is 1. The fraction of sp³-hybridized carbons (Fsp3) is 0. The molecule has 2 aromatic carbocycles. The van der Waals surface area contributed by atoms with E-state index in [1.807, 2.05) is 0 Å². The van der Waals surface area contributed by atoms with E-state index in [9.17, 15) is 9.90 Å². The molecule has 0 aliphatic heterocycles. The van der Waals surface area contributed by atoms with Gasteiger partial charge in [-0.3, -0.25) is 9.78 Å². The number of oxazole rings is 1. The van der Waals surface area contributed by atoms with Crippen molar-refractivity contribution in [3.8, 4) is 28.5 Å². The first-order valence-corrected chi connectivity index (χ1v) is 10.1. The molecule has 0 saturated carbocycles. The molecule has 0 saturated heterocycles. The standard InChI is InChI=1S/C23H13Cl2N3O4/c24-12-1-3-14(16(25)9-12)19-5-6-21(31-19)22(30)27-13-2-4-18(29)15(10-13)23-28-17-11-26-8-7-20(17)32-23/h1-11,29H,(H,27,30). The van der Waals surface area contributed by atoms with E-state index < -0.39 is 5.91 Å². The van der Waals surface area contributed by atoms with E-state index in [4.69, 9.17) is 32.0 Å². The quantitative estimate of drug-likeness (QED) is 0.297. The number of carbonyl (C=O) groups excluding carboxylic acids is 1. The molecule has 3 heterocycles. The maximum atomic E-state index is 12.7. The molecule has 5 aromatic rings. The molecule has 5 rings (SSSR count). The number of benzene rings is 2. The first kappa shape index (κ1) is 20.1. The summed E-state index contributed by atoms with van der Waals surface area (Å²) in [6.07, 6.45) is 3.15. The molecule has 2 N–H and O–H groups in total. The van der Waals surface area contributed by atoms with Crippen molar-refractivity contribution in [1.29, 1.82) is 0 Å². The molecule has 32 heavy (non-hydrogen) atoms. The lowest BCUT2D eigenvalue weighted by Gasteiger charge is -2.06. The summed E-state index contributed by atoms with van der Waals surface area (Å²) in [7, 11) is 0. The normalized spacial score (nSPS) is 11.1. The molecule has 0 unspecified atom stereocenters. The van der Waals surface area contributed by atoms with Crippen LogP contribution in [0.5, 0.6) is 5.75 Å². The van der Waals surface area contributed by atoms with Crippen molar-refractivity contribution >= 4 is 45.9 Å². The minimum Gasteiger partial charge on any atom is -0.507 e. The average molecular weight is 466 g/mol. The number of phenols is 1. The van der Waals surface area contributed by atoms with Crippen LogP contribution in [0.4, 0.5) is 5.69 Å². The van der Waals surface area contributed by atoms with Gasteiger partial charge < -0.3 is 19.3 Å². The van der Waals surface area contributed by atoms with Crippen LogP contribution in [0.15, 0.2) is 75.8 Å². The Bertz CT molecular complexity index is 1440. The number of furan rings is 1. The molecule has 158 valence electrons. The van der Waals surface area contributed by atoms with Crippen LogP contribution >= 0.6 is 23.2 Å². The monoisotopic (exact) mass is 465 g/mol. The van der Waals surface area contributed by atoms with E-state index in [0.717, 1.165) is 0 Å². The van der Waals surface area contributed by atoms with Crippen LogP contribution < -0.4 is 5.32 Å². The van der Waals surface area contributed by atoms with E-state index in [2.05, 4.69) is 15.3 Å². The number of fused-ring (bicyclic) bond motifs is 1. The van der Waals surface area contributed by atoms with Gasteiger partial charge in [0.15, 0.2) is 11.3 Å². The van der Waals surface area contributed by atoms with Gasteiger partial charge in [0.2, 0.25) is 5.89 Å². The van der Waals surface area contributed by atoms with Gasteiger partial charge in [-0.25, -0.2) is 4.98 Å². The Labute approximate surface area is 191 Å². The van der Waals surface area contributed by atoms with Crippen LogP contribution in [-0.4, -0.2) is 21.0 Å². The zero-order chi connectivity index (χ0) is 22.2. The number of carbonyl (C=O) groups is 1. The molecule has 9 heteroatoms. The highest BCUT2D eigenvalue weighted by Gasteiger charge is 2.17. The minimum atomic E-state index is -0.472. The van der Waals surface area contributed by atoms with Gasteiger partial charge in [-0.1, -0.05) is 23.2 Å². The van der Waals surface area contributed by atoms with Crippen LogP contribution in [0, 0.1) is 0 Å². The van der Waals surface area contributed by atoms with E-state index in [0.29, 0.717) is 43.7 Å². The molecule has 0 fully saturated rings. The lowest BCUT2D eigenvalue weighted by Crippen LogP contribution is -2.10. The number of aromatic hydroxyl groups is 1. The lowest BCUT2D eigenvalue weighted by atomic mass is 10.1. The summed E-state index contributed by atoms with van der Waals surface area (Å²) in [5, 5.41) is 13.9. The maximum Gasteiger partial charge on any atom is 0.291 e. The van der Waals surface area contributed by atoms with Gasteiger partial charge in [0.25, 0.3) is 5.91 Å². The Balaban J connectivity index is 1.40. The Morgan fingerprint density at radius 3 is 2.66 bits per heavy atom. The molecule has 0 aliphatic rings. The largest absolute Gasteiger partial charge is 0.507 e. The van der Waals surface area contributed by atoms with E-state index >= 15 is 0 Å². The predicted octanol–water partition coefficient (Wildman–Crippen LogP) is 6.41. The second-order valence-corrected chi connectivity index (χ2v) is 7.68. The van der Waals surface area contributed by atoms with Crippen LogP contribution in [0.25, 0.3) is 33.9 Å². The maximum absolute atomic E-state index is 12.7. The van der Waals surface area contributed by atoms with Crippen molar-refractivity contribution in [2.45, 2.75) is 0 Å². The van der Waals surface area contributed by atoms with Crippen molar-refractivity contribution in [3.05, 3.63) is 82.8 Å². The highest BCUT2D eigenvalue weighted by molar-refractivity contribution is 6.36. The first-order valence-electron chi connectivity index (χ1n) is 9.38. The van der Waals surface area contributed by atoms with Crippen molar-refractivity contribution in [2.75, 3.05) is 5.32 Å². The number of amides is 1. The number of hydrogen-bond donors (Lipinski definition) is 2. The van der Waals surface area contributed by atoms with Gasteiger partial charge in [-0.2, -0.15) is 0 Å². The summed E-state index contributed by atoms with van der Waals surface area (Å²) < 4.78 is 11.4. The molecular weight excluding hydrogens is 453 g/mol. The van der Waals surface area contributed by atoms with E-state index in [1.54, 1.807) is 60.9 Å². The number of halogens is 2. The van der Waals surface area contributed by atoms with Crippen LogP contribution in [0.1, 0.15) is 10.6 Å². The summed E-state index contributed by atoms with van der Waals surface area (Å²) in [6, 6.07) is 14.4. The van der Waals surface area contributed by atoms with Gasteiger partial charge in [0, 0.05) is 28.5 Å². The van der Waals surface area contributed by atoms with Crippen molar-refractivity contribution in [2.24, 2.45) is 0 Å². The molecule has 0 radical (unpaired) electrons. The lowest BCUT2D eigenvalue weighted by molar-refractivity contribution is 0.0997. The molecule has 7 nitrogen and oxygen atoms in total. The zero-order valence-corrected chi connectivity index (χ0v) is 17.7. The molecular formula is C23H13Cl2N3O4. The van der Waals surface area contributed by atoms with Crippen molar-refractivity contribution < 1.29 is 18.7 Å². The Morgan fingerprint density at radius 1 is 0.969 bits per heavy atom. The first-order chi connectivity index (χ1) is 15.5. The summed E-state index contributed by atoms with van der Waals surface area (Å²) >= 11 is 12.1. The average Bonchev–Trinajstić information content (AvgIpc) is 3.42. The number of aromatic nitrogens is 2. The van der Waals surface area contributed by atoms with Crippen molar-refractivity contribution in [3.63, 3.8) is 0 Å². The summed E-state index contributed by atoms with van der Waals surface area (Å²) in [5.41, 5.74) is 2.46. The SMILES string of the molecule is O=C(Nc1ccc(O)c(-c2nc3cnccc3o2)c1)c1ccc(-c2ccc(Cl)cc2Cl)o1. The van der Waals surface area contributed by atoms with Crippen LogP contribution in [0.2, 0.25) is 10.0 Å². The Hall–Kier alpha value is -3.81. The third-order valence-electron chi connectivity index (χ3n) is 4.70. The molecule has 0 atom stereocenters. The third-order valence-corrected chi connectivity index (χ3v) is 5.25. The van der Waals surface area contributed by atoms with E-state index in [1.165, 1.54) is 6.07 Å². The second kappa shape index (κ2) is 8.03. The molecule has 3 aromatic heterocycles. The Morgan fingerprint density at radius 2 is 1.84 bits per heavy atom. The van der Waals surface area contributed by atoms with Gasteiger partial charge in [0.05, 0.1) is 16.8 Å². The third kappa shape index (κ3) is 3.79. The van der Waals surface area contributed by atoms with Gasteiger partial charge in [-0.05, 0) is 48.5 Å². The predicted molar refractivity (Wildman–Crippen MR) is 121 cm³/mol.